The fourth-order valence-electron chi connectivity index (χ4n) is 2.55. The topological polar surface area (TPSA) is 26.0 Å². The van der Waals surface area contributed by atoms with Gasteiger partial charge in [0.2, 0.25) is 0 Å². The van der Waals surface area contributed by atoms with E-state index in [0.29, 0.717) is 0 Å². The van der Waals surface area contributed by atoms with Gasteiger partial charge in [-0.25, -0.2) is 4.98 Å². The Morgan fingerprint density at radius 2 is 1.55 bits per heavy atom. The first-order valence-electron chi connectivity index (χ1n) is 7.33. The van der Waals surface area contributed by atoms with Crippen LogP contribution in [0.4, 0.5) is 0 Å². The van der Waals surface area contributed by atoms with Gasteiger partial charge in [0.15, 0.2) is 5.58 Å². The summed E-state index contributed by atoms with van der Waals surface area (Å²) in [6, 6.07) is 24.5. The third kappa shape index (κ3) is 2.29. The van der Waals surface area contributed by atoms with Crippen LogP contribution in [0.5, 0.6) is 0 Å². The summed E-state index contributed by atoms with van der Waals surface area (Å²) in [5, 5.41) is 0. The first-order chi connectivity index (χ1) is 10.8. The van der Waals surface area contributed by atoms with Crippen molar-refractivity contribution in [2.45, 2.75) is 6.92 Å². The van der Waals surface area contributed by atoms with Gasteiger partial charge in [-0.15, -0.1) is 0 Å². The molecule has 0 amide bonds. The van der Waals surface area contributed by atoms with Crippen molar-refractivity contribution in [3.8, 4) is 22.6 Å². The fourth-order valence-corrected chi connectivity index (χ4v) is 2.55. The van der Waals surface area contributed by atoms with Crippen molar-refractivity contribution in [2.24, 2.45) is 0 Å². The number of hydrogen-bond acceptors (Lipinski definition) is 2. The first-order valence-corrected chi connectivity index (χ1v) is 7.33. The molecular formula is C20H15NO. The number of rotatable bonds is 2. The van der Waals surface area contributed by atoms with E-state index >= 15 is 0 Å². The van der Waals surface area contributed by atoms with E-state index in [1.807, 2.05) is 36.4 Å². The standard InChI is InChI=1S/C20H15NO/c1-14-7-9-16(10-8-14)20-13-18-19(22-20)12-11-17(21-18)15-5-3-2-4-6-15/h2-13H,1H3. The molecular weight excluding hydrogens is 270 g/mol. The van der Waals surface area contributed by atoms with Gasteiger partial charge in [0.05, 0.1) is 5.69 Å². The molecule has 2 nitrogen and oxygen atoms in total. The van der Waals surface area contributed by atoms with Crippen LogP contribution in [0.2, 0.25) is 0 Å². The highest BCUT2D eigenvalue weighted by Gasteiger charge is 2.08. The maximum Gasteiger partial charge on any atom is 0.153 e. The van der Waals surface area contributed by atoms with Gasteiger partial charge >= 0.3 is 0 Å². The van der Waals surface area contributed by atoms with E-state index in [4.69, 9.17) is 9.40 Å². The lowest BCUT2D eigenvalue weighted by molar-refractivity contribution is 0.631. The highest BCUT2D eigenvalue weighted by molar-refractivity contribution is 5.81. The van der Waals surface area contributed by atoms with E-state index < -0.39 is 0 Å². The third-order valence-corrected chi connectivity index (χ3v) is 3.78. The summed E-state index contributed by atoms with van der Waals surface area (Å²) in [5.74, 6) is 0.854. The molecule has 0 saturated carbocycles. The van der Waals surface area contributed by atoms with E-state index in [-0.39, 0.29) is 0 Å². The average Bonchev–Trinajstić information content (AvgIpc) is 2.99. The smallest absolute Gasteiger partial charge is 0.153 e. The minimum Gasteiger partial charge on any atom is -0.454 e. The maximum absolute atomic E-state index is 5.92. The molecule has 106 valence electrons. The van der Waals surface area contributed by atoms with Gasteiger partial charge in [-0.3, -0.25) is 0 Å². The summed E-state index contributed by atoms with van der Waals surface area (Å²) in [6.45, 7) is 2.08. The Balaban J connectivity index is 1.80. The van der Waals surface area contributed by atoms with Gasteiger partial charge < -0.3 is 4.42 Å². The molecule has 2 heterocycles. The molecule has 0 fully saturated rings. The summed E-state index contributed by atoms with van der Waals surface area (Å²) in [4.78, 5) is 4.72. The maximum atomic E-state index is 5.92. The fraction of sp³-hybridized carbons (Fsp3) is 0.0500. The number of nitrogens with zero attached hydrogens (tertiary/aromatic N) is 1. The highest BCUT2D eigenvalue weighted by atomic mass is 16.3. The highest BCUT2D eigenvalue weighted by Crippen LogP contribution is 2.29. The first kappa shape index (κ1) is 12.8. The molecule has 2 heteroatoms. The number of aryl methyl sites for hydroxylation is 1. The Labute approximate surface area is 129 Å². The number of benzene rings is 2. The molecule has 0 spiro atoms. The molecule has 0 radical (unpaired) electrons. The van der Waals surface area contributed by atoms with Crippen LogP contribution in [-0.4, -0.2) is 4.98 Å². The lowest BCUT2D eigenvalue weighted by Crippen LogP contribution is -1.82. The zero-order valence-corrected chi connectivity index (χ0v) is 12.3. The number of fused-ring (bicyclic) bond motifs is 1. The van der Waals surface area contributed by atoms with Crippen molar-refractivity contribution in [3.05, 3.63) is 78.4 Å². The molecule has 0 unspecified atom stereocenters. The summed E-state index contributed by atoms with van der Waals surface area (Å²) in [5.41, 5.74) is 6.09. The van der Waals surface area contributed by atoms with Crippen LogP contribution in [0.15, 0.2) is 77.2 Å². The lowest BCUT2D eigenvalue weighted by Gasteiger charge is -1.99. The number of aromatic nitrogens is 1. The predicted octanol–water partition coefficient (Wildman–Crippen LogP) is 5.47. The normalized spacial score (nSPS) is 11.0. The van der Waals surface area contributed by atoms with Crippen LogP contribution < -0.4 is 0 Å². The quantitative estimate of drug-likeness (QED) is 0.488. The number of furan rings is 1. The molecule has 0 aliphatic carbocycles. The molecule has 4 rings (SSSR count). The van der Waals surface area contributed by atoms with Crippen molar-refractivity contribution < 1.29 is 4.42 Å². The van der Waals surface area contributed by atoms with Crippen LogP contribution in [0.25, 0.3) is 33.7 Å². The van der Waals surface area contributed by atoms with Gasteiger partial charge in [0, 0.05) is 17.2 Å². The zero-order valence-electron chi connectivity index (χ0n) is 12.3. The van der Waals surface area contributed by atoms with Gasteiger partial charge in [0.25, 0.3) is 0 Å². The Morgan fingerprint density at radius 3 is 2.32 bits per heavy atom. The molecule has 2 aromatic heterocycles. The second-order valence-corrected chi connectivity index (χ2v) is 5.42. The zero-order chi connectivity index (χ0) is 14.9. The van der Waals surface area contributed by atoms with Gasteiger partial charge in [-0.05, 0) is 19.1 Å². The van der Waals surface area contributed by atoms with Crippen molar-refractivity contribution in [1.82, 2.24) is 4.98 Å². The summed E-state index contributed by atoms with van der Waals surface area (Å²) >= 11 is 0. The van der Waals surface area contributed by atoms with E-state index in [0.717, 1.165) is 33.7 Å². The van der Waals surface area contributed by atoms with Crippen molar-refractivity contribution >= 4 is 11.1 Å². The molecule has 0 aliphatic heterocycles. The third-order valence-electron chi connectivity index (χ3n) is 3.78. The van der Waals surface area contributed by atoms with Gasteiger partial charge in [-0.1, -0.05) is 60.2 Å². The van der Waals surface area contributed by atoms with Gasteiger partial charge in [0.1, 0.15) is 11.3 Å². The van der Waals surface area contributed by atoms with Crippen LogP contribution in [0.1, 0.15) is 5.56 Å². The Bertz CT molecular complexity index is 921. The van der Waals surface area contributed by atoms with Crippen molar-refractivity contribution in [2.75, 3.05) is 0 Å². The molecule has 0 saturated heterocycles. The molecule has 0 aliphatic rings. The van der Waals surface area contributed by atoms with E-state index in [9.17, 15) is 0 Å². The predicted molar refractivity (Wildman–Crippen MR) is 89.6 cm³/mol. The minimum atomic E-state index is 0.815. The van der Waals surface area contributed by atoms with Crippen LogP contribution in [-0.2, 0) is 0 Å². The van der Waals surface area contributed by atoms with E-state index in [2.05, 4.69) is 43.3 Å². The summed E-state index contributed by atoms with van der Waals surface area (Å²) in [7, 11) is 0. The number of pyridine rings is 1. The summed E-state index contributed by atoms with van der Waals surface area (Å²) < 4.78 is 5.92. The van der Waals surface area contributed by atoms with Gasteiger partial charge in [-0.2, -0.15) is 0 Å². The Morgan fingerprint density at radius 1 is 0.773 bits per heavy atom. The van der Waals surface area contributed by atoms with Crippen molar-refractivity contribution in [3.63, 3.8) is 0 Å². The molecule has 0 atom stereocenters. The minimum absolute atomic E-state index is 0.815. The van der Waals surface area contributed by atoms with Crippen molar-refractivity contribution in [1.29, 1.82) is 0 Å². The Hall–Kier alpha value is -2.87. The van der Waals surface area contributed by atoms with Crippen LogP contribution >= 0.6 is 0 Å². The molecule has 0 bridgehead atoms. The SMILES string of the molecule is Cc1ccc(-c2cc3nc(-c4ccccc4)ccc3o2)cc1. The second kappa shape index (κ2) is 5.15. The average molecular weight is 285 g/mol. The lowest BCUT2D eigenvalue weighted by atomic mass is 10.1. The Kier molecular flexibility index (Phi) is 3.01. The van der Waals surface area contributed by atoms with Crippen LogP contribution in [0.3, 0.4) is 0 Å². The molecule has 22 heavy (non-hydrogen) atoms. The van der Waals surface area contributed by atoms with E-state index in [1.165, 1.54) is 5.56 Å². The van der Waals surface area contributed by atoms with E-state index in [1.54, 1.807) is 0 Å². The monoisotopic (exact) mass is 285 g/mol. The largest absolute Gasteiger partial charge is 0.454 e. The number of hydrogen-bond donors (Lipinski definition) is 0. The molecule has 2 aromatic carbocycles. The molecule has 0 N–H and O–H groups in total. The van der Waals surface area contributed by atoms with Crippen LogP contribution in [0, 0.1) is 6.92 Å². The second-order valence-electron chi connectivity index (χ2n) is 5.42. The summed E-state index contributed by atoms with van der Waals surface area (Å²) in [6.07, 6.45) is 0. The molecule has 4 aromatic rings.